The number of benzene rings is 1. The zero-order valence-corrected chi connectivity index (χ0v) is 14.8. The third-order valence-corrected chi connectivity index (χ3v) is 4.55. The van der Waals surface area contributed by atoms with Crippen molar-refractivity contribution >= 4 is 5.91 Å². The predicted molar refractivity (Wildman–Crippen MR) is 93.8 cm³/mol. The molecule has 0 saturated carbocycles. The summed E-state index contributed by atoms with van der Waals surface area (Å²) in [5, 5.41) is 3.18. The second kappa shape index (κ2) is 9.03. The van der Waals surface area contributed by atoms with Crippen LogP contribution in [-0.4, -0.2) is 75.5 Å². The van der Waals surface area contributed by atoms with Crippen LogP contribution in [0.2, 0.25) is 0 Å². The summed E-state index contributed by atoms with van der Waals surface area (Å²) in [4.78, 5) is 16.5. The molecule has 0 spiro atoms. The summed E-state index contributed by atoms with van der Waals surface area (Å²) in [6, 6.07) is 6.09. The van der Waals surface area contributed by atoms with Gasteiger partial charge in [-0.15, -0.1) is 0 Å². The fourth-order valence-electron chi connectivity index (χ4n) is 3.10. The molecule has 0 bridgehead atoms. The topological polar surface area (TPSA) is 63.3 Å². The standard InChI is InChI=1S/C18H27N3O4/c1-23-10-2-5-19-12-18(22)21-8-6-20(7-9-21)13-15-3-4-16-17(11-15)25-14-24-16/h3-4,11,19H,2,5-10,12-14H2,1H3. The average molecular weight is 349 g/mol. The molecule has 2 aliphatic heterocycles. The Balaban J connectivity index is 1.37. The highest BCUT2D eigenvalue weighted by Crippen LogP contribution is 2.32. The molecule has 1 aromatic carbocycles. The van der Waals surface area contributed by atoms with E-state index in [9.17, 15) is 4.79 Å². The number of methoxy groups -OCH3 is 1. The Hall–Kier alpha value is -1.83. The summed E-state index contributed by atoms with van der Waals surface area (Å²) in [5.74, 6) is 1.82. The molecule has 1 N–H and O–H groups in total. The van der Waals surface area contributed by atoms with Crippen LogP contribution in [0.25, 0.3) is 0 Å². The van der Waals surface area contributed by atoms with Crippen molar-refractivity contribution in [3.63, 3.8) is 0 Å². The van der Waals surface area contributed by atoms with Crippen LogP contribution in [0.5, 0.6) is 11.5 Å². The van der Waals surface area contributed by atoms with E-state index in [4.69, 9.17) is 14.2 Å². The van der Waals surface area contributed by atoms with Gasteiger partial charge in [0.2, 0.25) is 12.7 Å². The number of ether oxygens (including phenoxy) is 3. The monoisotopic (exact) mass is 349 g/mol. The molecular formula is C18H27N3O4. The van der Waals surface area contributed by atoms with Crippen molar-refractivity contribution in [2.24, 2.45) is 0 Å². The van der Waals surface area contributed by atoms with Gasteiger partial charge in [-0.05, 0) is 30.7 Å². The highest BCUT2D eigenvalue weighted by molar-refractivity contribution is 5.78. The summed E-state index contributed by atoms with van der Waals surface area (Å²) in [7, 11) is 1.69. The van der Waals surface area contributed by atoms with Gasteiger partial charge in [-0.2, -0.15) is 0 Å². The van der Waals surface area contributed by atoms with E-state index in [1.54, 1.807) is 7.11 Å². The van der Waals surface area contributed by atoms with E-state index in [2.05, 4.69) is 16.3 Å². The predicted octanol–water partition coefficient (Wildman–Crippen LogP) is 0.686. The number of carbonyl (C=O) groups excluding carboxylic acids is 1. The quantitative estimate of drug-likeness (QED) is 0.697. The lowest BCUT2D eigenvalue weighted by Crippen LogP contribution is -2.50. The summed E-state index contributed by atoms with van der Waals surface area (Å²) in [6.07, 6.45) is 0.924. The van der Waals surface area contributed by atoms with E-state index in [0.717, 1.165) is 63.8 Å². The van der Waals surface area contributed by atoms with Gasteiger partial charge in [0.25, 0.3) is 0 Å². The van der Waals surface area contributed by atoms with Crippen molar-refractivity contribution in [1.29, 1.82) is 0 Å². The first kappa shape index (κ1) is 18.0. The van der Waals surface area contributed by atoms with Gasteiger partial charge >= 0.3 is 0 Å². The molecule has 1 amide bonds. The van der Waals surface area contributed by atoms with Crippen LogP contribution >= 0.6 is 0 Å². The third-order valence-electron chi connectivity index (χ3n) is 4.55. The van der Waals surface area contributed by atoms with Gasteiger partial charge < -0.3 is 24.4 Å². The first-order valence-electron chi connectivity index (χ1n) is 8.84. The molecule has 0 aromatic heterocycles. The second-order valence-electron chi connectivity index (χ2n) is 6.37. The minimum absolute atomic E-state index is 0.181. The Morgan fingerprint density at radius 1 is 1.20 bits per heavy atom. The number of rotatable bonds is 8. The minimum atomic E-state index is 0.181. The molecule has 0 aliphatic carbocycles. The first-order chi connectivity index (χ1) is 12.3. The zero-order chi connectivity index (χ0) is 17.5. The number of nitrogens with zero attached hydrogens (tertiary/aromatic N) is 2. The molecule has 7 nitrogen and oxygen atoms in total. The van der Waals surface area contributed by atoms with Crippen LogP contribution < -0.4 is 14.8 Å². The SMILES string of the molecule is COCCCNCC(=O)N1CCN(Cc2ccc3c(c2)OCO3)CC1. The number of piperazine rings is 1. The molecule has 3 rings (SSSR count). The highest BCUT2D eigenvalue weighted by Gasteiger charge is 2.21. The smallest absolute Gasteiger partial charge is 0.236 e. The fourth-order valence-corrected chi connectivity index (χ4v) is 3.10. The normalized spacial score (nSPS) is 17.1. The second-order valence-corrected chi connectivity index (χ2v) is 6.37. The Bertz CT molecular complexity index is 573. The average Bonchev–Trinajstić information content (AvgIpc) is 3.10. The summed E-state index contributed by atoms with van der Waals surface area (Å²) in [5.41, 5.74) is 1.21. The number of amides is 1. The third kappa shape index (κ3) is 5.07. The van der Waals surface area contributed by atoms with Crippen LogP contribution in [0.1, 0.15) is 12.0 Å². The Kier molecular flexibility index (Phi) is 6.49. The maximum absolute atomic E-state index is 12.2. The van der Waals surface area contributed by atoms with Crippen molar-refractivity contribution in [2.75, 3.05) is 59.8 Å². The molecule has 0 atom stereocenters. The Labute approximate surface area is 148 Å². The molecule has 1 saturated heterocycles. The van der Waals surface area contributed by atoms with Crippen LogP contribution in [0.4, 0.5) is 0 Å². The van der Waals surface area contributed by atoms with Crippen LogP contribution in [0.3, 0.4) is 0 Å². The van der Waals surface area contributed by atoms with Gasteiger partial charge in [0.15, 0.2) is 11.5 Å². The fraction of sp³-hybridized carbons (Fsp3) is 0.611. The first-order valence-corrected chi connectivity index (χ1v) is 8.84. The van der Waals surface area contributed by atoms with E-state index in [1.165, 1.54) is 5.56 Å². The maximum atomic E-state index is 12.2. The number of hydrogen-bond donors (Lipinski definition) is 1. The lowest BCUT2D eigenvalue weighted by molar-refractivity contribution is -0.132. The molecular weight excluding hydrogens is 322 g/mol. The van der Waals surface area contributed by atoms with Gasteiger partial charge in [0.1, 0.15) is 0 Å². The summed E-state index contributed by atoms with van der Waals surface area (Å²) >= 11 is 0. The van der Waals surface area contributed by atoms with Crippen molar-refractivity contribution in [3.8, 4) is 11.5 Å². The molecule has 1 fully saturated rings. The summed E-state index contributed by atoms with van der Waals surface area (Å²) < 4.78 is 15.8. The highest BCUT2D eigenvalue weighted by atomic mass is 16.7. The van der Waals surface area contributed by atoms with Crippen LogP contribution in [0, 0.1) is 0 Å². The zero-order valence-electron chi connectivity index (χ0n) is 14.8. The number of fused-ring (bicyclic) bond motifs is 1. The maximum Gasteiger partial charge on any atom is 0.236 e. The van der Waals surface area contributed by atoms with Crippen LogP contribution in [0.15, 0.2) is 18.2 Å². The molecule has 25 heavy (non-hydrogen) atoms. The van der Waals surface area contributed by atoms with E-state index in [0.29, 0.717) is 13.3 Å². The van der Waals surface area contributed by atoms with Crippen molar-refractivity contribution in [2.45, 2.75) is 13.0 Å². The van der Waals surface area contributed by atoms with E-state index >= 15 is 0 Å². The van der Waals surface area contributed by atoms with E-state index in [1.807, 2.05) is 17.0 Å². The van der Waals surface area contributed by atoms with Gasteiger partial charge in [-0.3, -0.25) is 9.69 Å². The molecule has 7 heteroatoms. The van der Waals surface area contributed by atoms with Gasteiger partial charge in [-0.25, -0.2) is 0 Å². The molecule has 2 aliphatic rings. The lowest BCUT2D eigenvalue weighted by Gasteiger charge is -2.34. The van der Waals surface area contributed by atoms with Gasteiger partial charge in [0.05, 0.1) is 6.54 Å². The number of carbonyl (C=O) groups is 1. The molecule has 1 aromatic rings. The molecule has 0 radical (unpaired) electrons. The minimum Gasteiger partial charge on any atom is -0.454 e. The lowest BCUT2D eigenvalue weighted by atomic mass is 10.1. The number of hydrogen-bond acceptors (Lipinski definition) is 6. The van der Waals surface area contributed by atoms with Crippen molar-refractivity contribution in [1.82, 2.24) is 15.1 Å². The summed E-state index contributed by atoms with van der Waals surface area (Å²) in [6.45, 7) is 6.46. The van der Waals surface area contributed by atoms with E-state index in [-0.39, 0.29) is 5.91 Å². The van der Waals surface area contributed by atoms with Crippen LogP contribution in [-0.2, 0) is 16.1 Å². The Morgan fingerprint density at radius 3 is 2.80 bits per heavy atom. The number of nitrogens with one attached hydrogen (secondary N) is 1. The van der Waals surface area contributed by atoms with E-state index < -0.39 is 0 Å². The molecule has 0 unspecified atom stereocenters. The van der Waals surface area contributed by atoms with Gasteiger partial charge in [-0.1, -0.05) is 6.07 Å². The largest absolute Gasteiger partial charge is 0.454 e. The Morgan fingerprint density at radius 2 is 2.00 bits per heavy atom. The van der Waals surface area contributed by atoms with Crippen molar-refractivity contribution in [3.05, 3.63) is 23.8 Å². The molecule has 138 valence electrons. The van der Waals surface area contributed by atoms with Crippen molar-refractivity contribution < 1.29 is 19.0 Å². The van der Waals surface area contributed by atoms with Gasteiger partial charge in [0, 0.05) is 46.4 Å². The molecule has 2 heterocycles.